The van der Waals surface area contributed by atoms with Crippen LogP contribution in [0.2, 0.25) is 0 Å². The third-order valence-corrected chi connectivity index (χ3v) is 4.80. The van der Waals surface area contributed by atoms with E-state index >= 15 is 0 Å². The quantitative estimate of drug-likeness (QED) is 0.858. The summed E-state index contributed by atoms with van der Waals surface area (Å²) >= 11 is 0. The fraction of sp³-hybridized carbons (Fsp3) is 0.714. The summed E-state index contributed by atoms with van der Waals surface area (Å²) in [5.41, 5.74) is 9.14. The van der Waals surface area contributed by atoms with Crippen molar-refractivity contribution in [1.29, 1.82) is 0 Å². The number of nitrogens with zero attached hydrogens (tertiary/aromatic N) is 4. The molecule has 0 spiro atoms. The van der Waals surface area contributed by atoms with Crippen molar-refractivity contribution in [2.75, 3.05) is 5.73 Å². The minimum Gasteiger partial charge on any atom is -0.369 e. The molecule has 0 bridgehead atoms. The van der Waals surface area contributed by atoms with Gasteiger partial charge in [-0.25, -0.2) is 4.98 Å². The first-order chi connectivity index (χ1) is 8.99. The number of hydrogen-bond acceptors (Lipinski definition) is 3. The van der Waals surface area contributed by atoms with Crippen molar-refractivity contribution in [3.63, 3.8) is 0 Å². The molecule has 0 radical (unpaired) electrons. The highest BCUT2D eigenvalue weighted by atomic mass is 15.4. The van der Waals surface area contributed by atoms with Crippen LogP contribution in [0.4, 0.5) is 5.95 Å². The number of nitrogen functional groups attached to an aromatic ring is 1. The largest absolute Gasteiger partial charge is 0.369 e. The number of hydrogen-bond donors (Lipinski definition) is 1. The van der Waals surface area contributed by atoms with Crippen LogP contribution in [0.5, 0.6) is 0 Å². The van der Waals surface area contributed by atoms with E-state index in [2.05, 4.69) is 28.5 Å². The van der Waals surface area contributed by atoms with Crippen molar-refractivity contribution in [2.24, 2.45) is 18.9 Å². The summed E-state index contributed by atoms with van der Waals surface area (Å²) in [6.45, 7) is 6.68. The predicted molar refractivity (Wildman–Crippen MR) is 76.9 cm³/mol. The molecule has 5 heteroatoms. The van der Waals surface area contributed by atoms with Gasteiger partial charge >= 0.3 is 0 Å². The summed E-state index contributed by atoms with van der Waals surface area (Å²) < 4.78 is 4.12. The molecule has 3 atom stereocenters. The van der Waals surface area contributed by atoms with Crippen LogP contribution < -0.4 is 5.73 Å². The highest BCUT2D eigenvalue weighted by Crippen LogP contribution is 2.39. The van der Waals surface area contributed by atoms with E-state index in [9.17, 15) is 0 Å². The first kappa shape index (κ1) is 12.5. The van der Waals surface area contributed by atoms with Crippen LogP contribution in [0.1, 0.15) is 44.8 Å². The molecule has 3 unspecified atom stereocenters. The molecule has 2 aromatic rings. The molecule has 1 saturated carbocycles. The van der Waals surface area contributed by atoms with Gasteiger partial charge in [0.15, 0.2) is 5.65 Å². The smallest absolute Gasteiger partial charge is 0.202 e. The highest BCUT2D eigenvalue weighted by molar-refractivity contribution is 5.77. The van der Waals surface area contributed by atoms with Gasteiger partial charge < -0.3 is 5.73 Å². The van der Waals surface area contributed by atoms with Gasteiger partial charge in [0.1, 0.15) is 5.52 Å². The standard InChI is InChI=1S/C14H23N5/c1-8-5-6-11(7-9(8)2)19-13-12(16-14(19)15)10(3)17-18(13)4/h8-9,11H,5-7H2,1-4H3,(H2,15,16). The Bertz CT molecular complexity index is 609. The molecule has 1 aliphatic rings. The molecule has 104 valence electrons. The van der Waals surface area contributed by atoms with Gasteiger partial charge in [0.05, 0.1) is 5.69 Å². The van der Waals surface area contributed by atoms with Crippen molar-refractivity contribution in [3.05, 3.63) is 5.69 Å². The Kier molecular flexibility index (Phi) is 2.80. The van der Waals surface area contributed by atoms with E-state index in [-0.39, 0.29) is 0 Å². The van der Waals surface area contributed by atoms with E-state index in [1.54, 1.807) is 0 Å². The third-order valence-electron chi connectivity index (χ3n) is 4.80. The van der Waals surface area contributed by atoms with Gasteiger partial charge in [0.25, 0.3) is 0 Å². The number of nitrogens with two attached hydrogens (primary N) is 1. The van der Waals surface area contributed by atoms with Gasteiger partial charge in [-0.2, -0.15) is 5.10 Å². The zero-order valence-corrected chi connectivity index (χ0v) is 12.2. The van der Waals surface area contributed by atoms with Gasteiger partial charge in [-0.1, -0.05) is 13.8 Å². The molecule has 3 rings (SSSR count). The normalized spacial score (nSPS) is 28.1. The summed E-state index contributed by atoms with van der Waals surface area (Å²) in [7, 11) is 1.97. The topological polar surface area (TPSA) is 61.7 Å². The number of rotatable bonds is 1. The molecule has 2 N–H and O–H groups in total. The minimum absolute atomic E-state index is 0.464. The zero-order chi connectivity index (χ0) is 13.7. The lowest BCUT2D eigenvalue weighted by molar-refractivity contribution is 0.214. The van der Waals surface area contributed by atoms with Crippen LogP contribution in [0.25, 0.3) is 11.2 Å². The van der Waals surface area contributed by atoms with Gasteiger partial charge in [-0.05, 0) is 38.0 Å². The Hall–Kier alpha value is -1.52. The van der Waals surface area contributed by atoms with Crippen molar-refractivity contribution >= 4 is 17.1 Å². The summed E-state index contributed by atoms with van der Waals surface area (Å²) in [5.74, 6) is 2.19. The molecule has 5 nitrogen and oxygen atoms in total. The van der Waals surface area contributed by atoms with Crippen molar-refractivity contribution in [2.45, 2.75) is 46.1 Å². The summed E-state index contributed by atoms with van der Waals surface area (Å²) in [5, 5.41) is 4.46. The maximum Gasteiger partial charge on any atom is 0.202 e. The predicted octanol–water partition coefficient (Wildman–Crippen LogP) is 2.66. The Balaban J connectivity index is 2.07. The molecule has 2 heterocycles. The maximum atomic E-state index is 6.16. The molecule has 0 aromatic carbocycles. The van der Waals surface area contributed by atoms with E-state index in [0.717, 1.165) is 28.7 Å². The average Bonchev–Trinajstić information content (AvgIpc) is 2.82. The van der Waals surface area contributed by atoms with Crippen LogP contribution in [0.15, 0.2) is 0 Å². The molecule has 1 fully saturated rings. The van der Waals surface area contributed by atoms with Crippen molar-refractivity contribution in [1.82, 2.24) is 19.3 Å². The van der Waals surface area contributed by atoms with Crippen molar-refractivity contribution in [3.8, 4) is 0 Å². The van der Waals surface area contributed by atoms with Crippen LogP contribution >= 0.6 is 0 Å². The molecular formula is C14H23N5. The molecule has 19 heavy (non-hydrogen) atoms. The average molecular weight is 261 g/mol. The van der Waals surface area contributed by atoms with Gasteiger partial charge in [0.2, 0.25) is 5.95 Å². The Morgan fingerprint density at radius 3 is 2.63 bits per heavy atom. The fourth-order valence-electron chi connectivity index (χ4n) is 3.43. The first-order valence-electron chi connectivity index (χ1n) is 7.16. The van der Waals surface area contributed by atoms with Crippen LogP contribution in [0, 0.1) is 18.8 Å². The summed E-state index contributed by atoms with van der Waals surface area (Å²) in [4.78, 5) is 4.51. The number of aromatic nitrogens is 4. The third kappa shape index (κ3) is 1.83. The second-order valence-electron chi connectivity index (χ2n) is 6.14. The zero-order valence-electron chi connectivity index (χ0n) is 12.2. The van der Waals surface area contributed by atoms with E-state index in [4.69, 9.17) is 5.73 Å². The minimum atomic E-state index is 0.464. The first-order valence-corrected chi connectivity index (χ1v) is 7.16. The molecule has 0 saturated heterocycles. The molecule has 1 aliphatic carbocycles. The highest BCUT2D eigenvalue weighted by Gasteiger charge is 2.29. The molecule has 0 amide bonds. The molecule has 2 aromatic heterocycles. The Morgan fingerprint density at radius 1 is 1.21 bits per heavy atom. The Morgan fingerprint density at radius 2 is 1.95 bits per heavy atom. The van der Waals surface area contributed by atoms with Crippen LogP contribution in [-0.4, -0.2) is 19.3 Å². The SMILES string of the molecule is Cc1nn(C)c2c1nc(N)n2C1CCC(C)C(C)C1. The summed E-state index contributed by atoms with van der Waals surface area (Å²) in [6.07, 6.45) is 3.63. The monoisotopic (exact) mass is 261 g/mol. The van der Waals surface area contributed by atoms with Crippen LogP contribution in [-0.2, 0) is 7.05 Å². The van der Waals surface area contributed by atoms with Gasteiger partial charge in [0, 0.05) is 13.1 Å². The molecule has 0 aliphatic heterocycles. The number of fused-ring (bicyclic) bond motifs is 1. The van der Waals surface area contributed by atoms with Gasteiger partial charge in [-0.3, -0.25) is 9.25 Å². The van der Waals surface area contributed by atoms with E-state index in [1.165, 1.54) is 19.3 Å². The number of anilines is 1. The van der Waals surface area contributed by atoms with E-state index in [1.807, 2.05) is 18.7 Å². The lowest BCUT2D eigenvalue weighted by atomic mass is 9.79. The van der Waals surface area contributed by atoms with E-state index in [0.29, 0.717) is 12.0 Å². The number of aryl methyl sites for hydroxylation is 2. The van der Waals surface area contributed by atoms with E-state index < -0.39 is 0 Å². The summed E-state index contributed by atoms with van der Waals surface area (Å²) in [6, 6.07) is 0.464. The number of imidazole rings is 1. The second kappa shape index (κ2) is 4.25. The lowest BCUT2D eigenvalue weighted by Crippen LogP contribution is -2.24. The van der Waals surface area contributed by atoms with Gasteiger partial charge in [-0.15, -0.1) is 0 Å². The van der Waals surface area contributed by atoms with Crippen molar-refractivity contribution < 1.29 is 0 Å². The lowest BCUT2D eigenvalue weighted by Gasteiger charge is -2.33. The maximum absolute atomic E-state index is 6.16. The van der Waals surface area contributed by atoms with Crippen LogP contribution in [0.3, 0.4) is 0 Å². The Labute approximate surface area is 113 Å². The fourth-order valence-corrected chi connectivity index (χ4v) is 3.43. The molecular weight excluding hydrogens is 238 g/mol. The second-order valence-corrected chi connectivity index (χ2v) is 6.14.